The van der Waals surface area contributed by atoms with E-state index in [4.69, 9.17) is 22.1 Å². The first-order valence-corrected chi connectivity index (χ1v) is 7.10. The highest BCUT2D eigenvalue weighted by atomic mass is 35.5. The minimum absolute atomic E-state index is 0.0666. The van der Waals surface area contributed by atoms with Crippen LogP contribution in [0.5, 0.6) is 0 Å². The lowest BCUT2D eigenvalue weighted by Gasteiger charge is -2.29. The fourth-order valence-corrected chi connectivity index (χ4v) is 2.37. The van der Waals surface area contributed by atoms with Crippen LogP contribution in [0.1, 0.15) is 17.3 Å². The number of rotatable bonds is 4. The fourth-order valence-electron chi connectivity index (χ4n) is 2.19. The van der Waals surface area contributed by atoms with Gasteiger partial charge in [-0.1, -0.05) is 11.6 Å². The second-order valence-corrected chi connectivity index (χ2v) is 5.43. The molecule has 1 aliphatic heterocycles. The quantitative estimate of drug-likeness (QED) is 0.824. The Morgan fingerprint density at radius 3 is 2.85 bits per heavy atom. The smallest absolute Gasteiger partial charge is 0.251 e. The van der Waals surface area contributed by atoms with E-state index in [1.807, 2.05) is 6.92 Å². The highest BCUT2D eigenvalue weighted by Gasteiger charge is 2.16. The van der Waals surface area contributed by atoms with Gasteiger partial charge in [-0.05, 0) is 25.1 Å². The first-order chi connectivity index (χ1) is 9.56. The summed E-state index contributed by atoms with van der Waals surface area (Å²) in [6.45, 7) is 6.15. The number of halogens is 1. The molecule has 6 heteroatoms. The molecule has 0 aromatic heterocycles. The van der Waals surface area contributed by atoms with Crippen LogP contribution in [0.4, 0.5) is 5.69 Å². The van der Waals surface area contributed by atoms with Gasteiger partial charge in [-0.3, -0.25) is 9.69 Å². The molecular weight excluding hydrogens is 278 g/mol. The van der Waals surface area contributed by atoms with Gasteiger partial charge in [-0.25, -0.2) is 0 Å². The maximum atomic E-state index is 12.1. The van der Waals surface area contributed by atoms with E-state index < -0.39 is 0 Å². The lowest BCUT2D eigenvalue weighted by atomic mass is 10.2. The lowest BCUT2D eigenvalue weighted by Crippen LogP contribution is -2.46. The van der Waals surface area contributed by atoms with Gasteiger partial charge in [0.25, 0.3) is 5.91 Å². The van der Waals surface area contributed by atoms with E-state index >= 15 is 0 Å². The van der Waals surface area contributed by atoms with Crippen molar-refractivity contribution >= 4 is 23.2 Å². The summed E-state index contributed by atoms with van der Waals surface area (Å²) in [5.41, 5.74) is 6.63. The zero-order chi connectivity index (χ0) is 14.5. The van der Waals surface area contributed by atoms with E-state index in [9.17, 15) is 4.79 Å². The third-order valence-electron chi connectivity index (χ3n) is 3.28. The molecule has 0 spiro atoms. The van der Waals surface area contributed by atoms with Crippen molar-refractivity contribution in [3.05, 3.63) is 28.8 Å². The second kappa shape index (κ2) is 6.92. The van der Waals surface area contributed by atoms with Gasteiger partial charge < -0.3 is 15.8 Å². The molecule has 0 radical (unpaired) electrons. The number of nitrogens with two attached hydrogens (primary N) is 1. The standard InChI is InChI=1S/C14H20ClN3O2/c1-10(9-18-4-6-20-7-5-18)17-14(19)11-2-3-13(16)12(15)8-11/h2-3,8,10H,4-7,9,16H2,1H3,(H,17,19). The number of carbonyl (C=O) groups is 1. The van der Waals surface area contributed by atoms with Crippen LogP contribution in [-0.4, -0.2) is 49.7 Å². The van der Waals surface area contributed by atoms with E-state index in [0.717, 1.165) is 32.8 Å². The van der Waals surface area contributed by atoms with E-state index in [0.29, 0.717) is 16.3 Å². The zero-order valence-electron chi connectivity index (χ0n) is 11.6. The van der Waals surface area contributed by atoms with Crippen LogP contribution in [0.3, 0.4) is 0 Å². The predicted octanol–water partition coefficient (Wildman–Crippen LogP) is 1.37. The van der Waals surface area contributed by atoms with Gasteiger partial charge in [0.15, 0.2) is 0 Å². The molecule has 1 heterocycles. The third-order valence-corrected chi connectivity index (χ3v) is 3.60. The summed E-state index contributed by atoms with van der Waals surface area (Å²) < 4.78 is 5.30. The van der Waals surface area contributed by atoms with Crippen LogP contribution in [0.15, 0.2) is 18.2 Å². The monoisotopic (exact) mass is 297 g/mol. The minimum Gasteiger partial charge on any atom is -0.398 e. The number of anilines is 1. The molecule has 1 atom stereocenters. The topological polar surface area (TPSA) is 67.6 Å². The number of ether oxygens (including phenoxy) is 1. The Hall–Kier alpha value is -1.30. The highest BCUT2D eigenvalue weighted by Crippen LogP contribution is 2.19. The van der Waals surface area contributed by atoms with Gasteiger partial charge in [0.2, 0.25) is 0 Å². The van der Waals surface area contributed by atoms with Crippen LogP contribution in [0, 0.1) is 0 Å². The maximum absolute atomic E-state index is 12.1. The molecule has 110 valence electrons. The van der Waals surface area contributed by atoms with Gasteiger partial charge in [0, 0.05) is 31.2 Å². The van der Waals surface area contributed by atoms with Gasteiger partial charge in [-0.15, -0.1) is 0 Å². The van der Waals surface area contributed by atoms with Crippen molar-refractivity contribution in [1.82, 2.24) is 10.2 Å². The summed E-state index contributed by atoms with van der Waals surface area (Å²) in [5, 5.41) is 3.37. The van der Waals surface area contributed by atoms with E-state index in [1.165, 1.54) is 0 Å². The van der Waals surface area contributed by atoms with Gasteiger partial charge in [0.05, 0.1) is 23.9 Å². The lowest BCUT2D eigenvalue weighted by molar-refractivity contribution is 0.0342. The average Bonchev–Trinajstić information content (AvgIpc) is 2.42. The normalized spacial score (nSPS) is 17.7. The summed E-state index contributed by atoms with van der Waals surface area (Å²) >= 11 is 5.92. The molecule has 5 nitrogen and oxygen atoms in total. The fraction of sp³-hybridized carbons (Fsp3) is 0.500. The number of nitrogen functional groups attached to an aromatic ring is 1. The first-order valence-electron chi connectivity index (χ1n) is 6.72. The number of morpholine rings is 1. The summed E-state index contributed by atoms with van der Waals surface area (Å²) in [7, 11) is 0. The van der Waals surface area contributed by atoms with Gasteiger partial charge >= 0.3 is 0 Å². The molecule has 1 unspecified atom stereocenters. The highest BCUT2D eigenvalue weighted by molar-refractivity contribution is 6.33. The average molecular weight is 298 g/mol. The summed E-state index contributed by atoms with van der Waals surface area (Å²) in [5.74, 6) is -0.132. The molecule has 3 N–H and O–H groups in total. The molecule has 1 aromatic rings. The van der Waals surface area contributed by atoms with Crippen LogP contribution >= 0.6 is 11.6 Å². The molecule has 0 bridgehead atoms. The SMILES string of the molecule is CC(CN1CCOCC1)NC(=O)c1ccc(N)c(Cl)c1. The van der Waals surface area contributed by atoms with Crippen molar-refractivity contribution in [1.29, 1.82) is 0 Å². The van der Waals surface area contributed by atoms with Crippen molar-refractivity contribution in [2.45, 2.75) is 13.0 Å². The third kappa shape index (κ3) is 4.10. The number of benzene rings is 1. The van der Waals surface area contributed by atoms with E-state index in [2.05, 4.69) is 10.2 Å². The largest absolute Gasteiger partial charge is 0.398 e. The van der Waals surface area contributed by atoms with Crippen LogP contribution in [-0.2, 0) is 4.74 Å². The Labute approximate surface area is 124 Å². The van der Waals surface area contributed by atoms with Crippen LogP contribution in [0.25, 0.3) is 0 Å². The van der Waals surface area contributed by atoms with Gasteiger partial charge in [0.1, 0.15) is 0 Å². The first kappa shape index (κ1) is 15.1. The Morgan fingerprint density at radius 1 is 1.50 bits per heavy atom. The molecule has 1 amide bonds. The van der Waals surface area contributed by atoms with E-state index in [-0.39, 0.29) is 11.9 Å². The zero-order valence-corrected chi connectivity index (χ0v) is 12.3. The number of amides is 1. The predicted molar refractivity (Wildman–Crippen MR) is 80.1 cm³/mol. The molecule has 1 fully saturated rings. The summed E-state index contributed by atoms with van der Waals surface area (Å²) in [4.78, 5) is 14.4. The maximum Gasteiger partial charge on any atom is 0.251 e. The minimum atomic E-state index is -0.132. The number of hydrogen-bond acceptors (Lipinski definition) is 4. The number of nitrogens with zero attached hydrogens (tertiary/aromatic N) is 1. The van der Waals surface area contributed by atoms with Crippen LogP contribution in [0.2, 0.25) is 5.02 Å². The van der Waals surface area contributed by atoms with Gasteiger partial charge in [-0.2, -0.15) is 0 Å². The molecule has 20 heavy (non-hydrogen) atoms. The second-order valence-electron chi connectivity index (χ2n) is 5.02. The Bertz CT molecular complexity index is 475. The molecule has 1 aliphatic rings. The molecule has 1 aromatic carbocycles. The van der Waals surface area contributed by atoms with Crippen molar-refractivity contribution in [2.24, 2.45) is 0 Å². The van der Waals surface area contributed by atoms with E-state index in [1.54, 1.807) is 18.2 Å². The van der Waals surface area contributed by atoms with Crippen molar-refractivity contribution < 1.29 is 9.53 Å². The molecule has 0 aliphatic carbocycles. The Balaban J connectivity index is 1.87. The Morgan fingerprint density at radius 2 is 2.20 bits per heavy atom. The number of carbonyl (C=O) groups excluding carboxylic acids is 1. The summed E-state index contributed by atoms with van der Waals surface area (Å²) in [6.07, 6.45) is 0. The van der Waals surface area contributed by atoms with Crippen molar-refractivity contribution in [3.8, 4) is 0 Å². The van der Waals surface area contributed by atoms with Crippen molar-refractivity contribution in [2.75, 3.05) is 38.6 Å². The Kier molecular flexibility index (Phi) is 5.23. The number of nitrogens with one attached hydrogen (secondary N) is 1. The van der Waals surface area contributed by atoms with Crippen molar-refractivity contribution in [3.63, 3.8) is 0 Å². The number of hydrogen-bond donors (Lipinski definition) is 2. The molecule has 0 saturated carbocycles. The molecule has 1 saturated heterocycles. The molecule has 2 rings (SSSR count). The summed E-state index contributed by atoms with van der Waals surface area (Å²) in [6, 6.07) is 4.98. The van der Waals surface area contributed by atoms with Crippen LogP contribution < -0.4 is 11.1 Å². The molecular formula is C14H20ClN3O2.